The molecule has 1 amide bonds. The lowest BCUT2D eigenvalue weighted by Gasteiger charge is -2.10. The van der Waals surface area contributed by atoms with E-state index in [9.17, 15) is 14.9 Å². The lowest BCUT2D eigenvalue weighted by atomic mass is 10.1. The molecule has 1 saturated carbocycles. The summed E-state index contributed by atoms with van der Waals surface area (Å²) in [6, 6.07) is 11.9. The van der Waals surface area contributed by atoms with Gasteiger partial charge < -0.3 is 10.6 Å². The Labute approximate surface area is 144 Å². The number of hydrogen-bond acceptors (Lipinski definition) is 4. The van der Waals surface area contributed by atoms with Gasteiger partial charge in [-0.15, -0.1) is 0 Å². The minimum absolute atomic E-state index is 0.134. The zero-order valence-corrected chi connectivity index (χ0v) is 13.5. The second-order valence-electron chi connectivity index (χ2n) is 5.68. The molecule has 0 aromatic heterocycles. The Balaban J connectivity index is 1.78. The predicted octanol–water partition coefficient (Wildman–Crippen LogP) is 3.75. The van der Waals surface area contributed by atoms with Crippen LogP contribution >= 0.6 is 11.6 Å². The second kappa shape index (κ2) is 6.88. The van der Waals surface area contributed by atoms with Crippen LogP contribution in [-0.2, 0) is 6.54 Å². The molecule has 2 N–H and O–H groups in total. The summed E-state index contributed by atoms with van der Waals surface area (Å²) < 4.78 is 0. The van der Waals surface area contributed by atoms with Crippen LogP contribution in [0.15, 0.2) is 42.5 Å². The second-order valence-corrected chi connectivity index (χ2v) is 6.09. The van der Waals surface area contributed by atoms with E-state index in [2.05, 4.69) is 10.6 Å². The average molecular weight is 346 g/mol. The first-order chi connectivity index (χ1) is 11.5. The maximum absolute atomic E-state index is 12.0. The zero-order valence-electron chi connectivity index (χ0n) is 12.8. The summed E-state index contributed by atoms with van der Waals surface area (Å²) >= 11 is 6.09. The van der Waals surface area contributed by atoms with E-state index in [1.807, 2.05) is 18.2 Å². The van der Waals surface area contributed by atoms with E-state index < -0.39 is 4.92 Å². The quantitative estimate of drug-likeness (QED) is 0.616. The van der Waals surface area contributed by atoms with Gasteiger partial charge in [-0.25, -0.2) is 0 Å². The van der Waals surface area contributed by atoms with E-state index in [4.69, 9.17) is 11.6 Å². The molecular formula is C17H16ClN3O3. The van der Waals surface area contributed by atoms with Crippen molar-refractivity contribution in [1.82, 2.24) is 5.32 Å². The normalized spacial score (nSPS) is 13.4. The Kier molecular flexibility index (Phi) is 4.66. The van der Waals surface area contributed by atoms with Gasteiger partial charge in [0.05, 0.1) is 4.92 Å². The molecular weight excluding hydrogens is 330 g/mol. The van der Waals surface area contributed by atoms with Crippen molar-refractivity contribution in [3.05, 3.63) is 68.7 Å². The van der Waals surface area contributed by atoms with Gasteiger partial charge in [-0.2, -0.15) is 0 Å². The third kappa shape index (κ3) is 3.83. The van der Waals surface area contributed by atoms with Gasteiger partial charge in [0, 0.05) is 29.2 Å². The van der Waals surface area contributed by atoms with Crippen LogP contribution < -0.4 is 10.6 Å². The molecule has 124 valence electrons. The molecule has 0 atom stereocenters. The van der Waals surface area contributed by atoms with Crippen molar-refractivity contribution in [3.63, 3.8) is 0 Å². The van der Waals surface area contributed by atoms with Crippen molar-refractivity contribution in [2.45, 2.75) is 25.4 Å². The summed E-state index contributed by atoms with van der Waals surface area (Å²) in [5.74, 6) is -0.279. The van der Waals surface area contributed by atoms with Crippen LogP contribution in [0.3, 0.4) is 0 Å². The van der Waals surface area contributed by atoms with Gasteiger partial charge in [-0.3, -0.25) is 14.9 Å². The van der Waals surface area contributed by atoms with Gasteiger partial charge in [0.25, 0.3) is 11.6 Å². The average Bonchev–Trinajstić information content (AvgIpc) is 3.38. The van der Waals surface area contributed by atoms with Gasteiger partial charge in [0.2, 0.25) is 0 Å². The number of halogens is 1. The summed E-state index contributed by atoms with van der Waals surface area (Å²) in [7, 11) is 0. The third-order valence-corrected chi connectivity index (χ3v) is 4.17. The number of hydrogen-bond donors (Lipinski definition) is 2. The van der Waals surface area contributed by atoms with Crippen molar-refractivity contribution in [2.24, 2.45) is 0 Å². The summed E-state index contributed by atoms with van der Waals surface area (Å²) in [6.45, 7) is 0.355. The number of amides is 1. The first-order valence-corrected chi connectivity index (χ1v) is 7.99. The maximum atomic E-state index is 12.0. The zero-order chi connectivity index (χ0) is 17.1. The van der Waals surface area contributed by atoms with Crippen LogP contribution in [0.4, 0.5) is 11.4 Å². The molecule has 3 rings (SSSR count). The molecule has 0 radical (unpaired) electrons. The molecule has 0 unspecified atom stereocenters. The molecule has 0 aliphatic heterocycles. The van der Waals surface area contributed by atoms with Crippen LogP contribution in [0.25, 0.3) is 0 Å². The van der Waals surface area contributed by atoms with E-state index in [1.54, 1.807) is 18.2 Å². The van der Waals surface area contributed by atoms with Gasteiger partial charge in [-0.05, 0) is 36.6 Å². The standard InChI is InChI=1S/C17H16ClN3O3/c18-14-4-2-1-3-12(14)10-19-15-8-5-11(9-16(15)21(23)24)17(22)20-13-6-7-13/h1-5,8-9,13,19H,6-7,10H2,(H,20,22). The van der Waals surface area contributed by atoms with Crippen molar-refractivity contribution in [2.75, 3.05) is 5.32 Å². The van der Waals surface area contributed by atoms with Crippen LogP contribution in [0.1, 0.15) is 28.8 Å². The Bertz CT molecular complexity index is 790. The minimum atomic E-state index is -0.497. The SMILES string of the molecule is O=C(NC1CC1)c1ccc(NCc2ccccc2Cl)c([N+](=O)[O-])c1. The Morgan fingerprint density at radius 2 is 2.00 bits per heavy atom. The van der Waals surface area contributed by atoms with Crippen molar-refractivity contribution >= 4 is 28.9 Å². The molecule has 2 aromatic rings. The number of anilines is 1. The fraction of sp³-hybridized carbons (Fsp3) is 0.235. The van der Waals surface area contributed by atoms with Crippen molar-refractivity contribution in [3.8, 4) is 0 Å². The maximum Gasteiger partial charge on any atom is 0.293 e. The molecule has 2 aromatic carbocycles. The molecule has 0 saturated heterocycles. The molecule has 1 fully saturated rings. The number of benzene rings is 2. The van der Waals surface area contributed by atoms with Crippen LogP contribution in [-0.4, -0.2) is 16.9 Å². The topological polar surface area (TPSA) is 84.3 Å². The molecule has 24 heavy (non-hydrogen) atoms. The Morgan fingerprint density at radius 1 is 1.25 bits per heavy atom. The number of nitro groups is 1. The fourth-order valence-electron chi connectivity index (χ4n) is 2.30. The molecule has 0 heterocycles. The van der Waals surface area contributed by atoms with Gasteiger partial charge in [-0.1, -0.05) is 29.8 Å². The van der Waals surface area contributed by atoms with Crippen molar-refractivity contribution < 1.29 is 9.72 Å². The van der Waals surface area contributed by atoms with Gasteiger partial charge in [0.15, 0.2) is 0 Å². The number of nitrogens with one attached hydrogen (secondary N) is 2. The van der Waals surface area contributed by atoms with E-state index in [0.717, 1.165) is 18.4 Å². The number of carbonyl (C=O) groups excluding carboxylic acids is 1. The van der Waals surface area contributed by atoms with E-state index in [0.29, 0.717) is 17.3 Å². The molecule has 6 nitrogen and oxygen atoms in total. The van der Waals surface area contributed by atoms with Gasteiger partial charge >= 0.3 is 0 Å². The first-order valence-electron chi connectivity index (χ1n) is 7.61. The minimum Gasteiger partial charge on any atom is -0.375 e. The first kappa shape index (κ1) is 16.3. The monoisotopic (exact) mass is 345 g/mol. The number of nitrogens with zero attached hydrogens (tertiary/aromatic N) is 1. The predicted molar refractivity (Wildman–Crippen MR) is 92.4 cm³/mol. The van der Waals surface area contributed by atoms with Crippen LogP contribution in [0.5, 0.6) is 0 Å². The highest BCUT2D eigenvalue weighted by atomic mass is 35.5. The number of rotatable bonds is 6. The largest absolute Gasteiger partial charge is 0.375 e. The van der Waals surface area contributed by atoms with E-state index >= 15 is 0 Å². The lowest BCUT2D eigenvalue weighted by molar-refractivity contribution is -0.384. The Morgan fingerprint density at radius 3 is 2.67 bits per heavy atom. The van der Waals surface area contributed by atoms with Crippen LogP contribution in [0.2, 0.25) is 5.02 Å². The highest BCUT2D eigenvalue weighted by Crippen LogP contribution is 2.27. The molecule has 1 aliphatic rings. The highest BCUT2D eigenvalue weighted by molar-refractivity contribution is 6.31. The smallest absolute Gasteiger partial charge is 0.293 e. The summed E-state index contributed by atoms with van der Waals surface area (Å²) in [4.78, 5) is 22.9. The molecule has 0 bridgehead atoms. The molecule has 0 spiro atoms. The summed E-state index contributed by atoms with van der Waals surface area (Å²) in [6.07, 6.45) is 1.93. The van der Waals surface area contributed by atoms with E-state index in [-0.39, 0.29) is 23.2 Å². The Hall–Kier alpha value is -2.60. The van der Waals surface area contributed by atoms with Crippen molar-refractivity contribution in [1.29, 1.82) is 0 Å². The summed E-state index contributed by atoms with van der Waals surface area (Å²) in [5.41, 5.74) is 1.34. The third-order valence-electron chi connectivity index (χ3n) is 3.80. The number of nitro benzene ring substituents is 1. The summed E-state index contributed by atoms with van der Waals surface area (Å²) in [5, 5.41) is 17.7. The van der Waals surface area contributed by atoms with E-state index in [1.165, 1.54) is 6.07 Å². The van der Waals surface area contributed by atoms with Crippen LogP contribution in [0, 0.1) is 10.1 Å². The molecule has 1 aliphatic carbocycles. The van der Waals surface area contributed by atoms with Gasteiger partial charge in [0.1, 0.15) is 5.69 Å². The fourth-order valence-corrected chi connectivity index (χ4v) is 2.50. The lowest BCUT2D eigenvalue weighted by Crippen LogP contribution is -2.25. The highest BCUT2D eigenvalue weighted by Gasteiger charge is 2.25. The molecule has 7 heteroatoms. The number of carbonyl (C=O) groups is 1.